The molecule has 0 saturated carbocycles. The Bertz CT molecular complexity index is 2070. The highest BCUT2D eigenvalue weighted by molar-refractivity contribution is 5.66. The summed E-state index contributed by atoms with van der Waals surface area (Å²) in [6.07, 6.45) is 0.208. The summed E-state index contributed by atoms with van der Waals surface area (Å²) < 4.78 is 42.1. The average molecular weight is 782 g/mol. The molecule has 6 rings (SSSR count). The molecule has 1 aromatic heterocycles. The van der Waals surface area contributed by atoms with E-state index in [1.54, 1.807) is 58.8 Å². The Hall–Kier alpha value is -5.27. The van der Waals surface area contributed by atoms with Crippen LogP contribution in [0, 0.1) is 0 Å². The number of morpholine rings is 1. The van der Waals surface area contributed by atoms with Gasteiger partial charge in [-0.05, 0) is 112 Å². The lowest BCUT2D eigenvalue weighted by Gasteiger charge is -2.32. The topological polar surface area (TPSA) is 126 Å². The molecule has 1 fully saturated rings. The molecule has 0 spiro atoms. The highest BCUT2D eigenvalue weighted by atomic mass is 16.5. The van der Waals surface area contributed by atoms with Gasteiger partial charge in [-0.25, -0.2) is 4.98 Å². The first-order valence-electron chi connectivity index (χ1n) is 19.1. The Morgan fingerprint density at radius 3 is 1.53 bits per heavy atom. The zero-order valence-electron chi connectivity index (χ0n) is 34.2. The zero-order valence-corrected chi connectivity index (χ0v) is 34.2. The summed E-state index contributed by atoms with van der Waals surface area (Å²) in [5.41, 5.74) is 2.07. The molecule has 12 heteroatoms. The summed E-state index contributed by atoms with van der Waals surface area (Å²) in [7, 11) is 6.29. The van der Waals surface area contributed by atoms with Gasteiger partial charge >= 0.3 is 0 Å². The molecule has 1 aliphatic rings. The number of aliphatic hydroxyl groups is 2. The number of aliphatic hydroxyl groups excluding tert-OH is 2. The molecule has 1 aliphatic heterocycles. The van der Waals surface area contributed by atoms with Crippen LogP contribution in [0.4, 0.5) is 0 Å². The molecular formula is C45H55N3O9. The van der Waals surface area contributed by atoms with Gasteiger partial charge < -0.3 is 47.9 Å². The van der Waals surface area contributed by atoms with Crippen LogP contribution in [-0.4, -0.2) is 97.2 Å². The summed E-state index contributed by atoms with van der Waals surface area (Å²) in [6, 6.07) is 26.2. The van der Waals surface area contributed by atoms with Crippen LogP contribution >= 0.6 is 0 Å². The lowest BCUT2D eigenvalue weighted by molar-refractivity contribution is -0.0302. The molecule has 0 bridgehead atoms. The molecule has 2 heterocycles. The molecule has 2 unspecified atom stereocenters. The van der Waals surface area contributed by atoms with Gasteiger partial charge in [0, 0.05) is 43.5 Å². The van der Waals surface area contributed by atoms with E-state index >= 15 is 0 Å². The smallest absolute Gasteiger partial charge is 0.161 e. The normalized spacial score (nSPS) is 14.8. The molecule has 304 valence electrons. The van der Waals surface area contributed by atoms with Crippen molar-refractivity contribution in [3.05, 3.63) is 102 Å². The molecule has 12 nitrogen and oxygen atoms in total. The Balaban J connectivity index is 1.20. The first-order valence-corrected chi connectivity index (χ1v) is 19.1. The van der Waals surface area contributed by atoms with Crippen LogP contribution in [0.5, 0.6) is 34.5 Å². The van der Waals surface area contributed by atoms with Crippen LogP contribution in [-0.2, 0) is 11.3 Å². The molecule has 1 saturated heterocycles. The lowest BCUT2D eigenvalue weighted by atomic mass is 9.94. The van der Waals surface area contributed by atoms with Crippen LogP contribution < -0.4 is 28.4 Å². The number of ether oxygens (including phenoxy) is 7. The van der Waals surface area contributed by atoms with Gasteiger partial charge in [0.05, 0.1) is 47.3 Å². The average Bonchev–Trinajstić information content (AvgIpc) is 3.66. The molecule has 5 aromatic rings. The third kappa shape index (κ3) is 9.65. The SMILES string of the molecule is COc1ccc(C(O)C(C)(C)Oc2ccc(-c3cn(CCN4CCOCC4)c(-c4ccc(OC(C)(C)C(O)c5ccc(OC)c(OC)c5)cc4)n3)cc2)cc1OC. The maximum Gasteiger partial charge on any atom is 0.161 e. The number of imidazole rings is 1. The monoisotopic (exact) mass is 781 g/mol. The van der Waals surface area contributed by atoms with Crippen molar-refractivity contribution in [2.75, 3.05) is 61.3 Å². The van der Waals surface area contributed by atoms with Crippen molar-refractivity contribution in [1.82, 2.24) is 14.5 Å². The molecule has 4 aromatic carbocycles. The Morgan fingerprint density at radius 1 is 0.614 bits per heavy atom. The van der Waals surface area contributed by atoms with Crippen LogP contribution in [0.3, 0.4) is 0 Å². The molecule has 2 atom stereocenters. The van der Waals surface area contributed by atoms with Gasteiger partial charge in [-0.3, -0.25) is 4.90 Å². The molecule has 0 aliphatic carbocycles. The number of nitrogens with zero attached hydrogens (tertiary/aromatic N) is 3. The summed E-state index contributed by atoms with van der Waals surface area (Å²) in [4.78, 5) is 7.54. The standard InChI is InChI=1S/C45H55N3O9/c1-44(2,41(49)32-13-19-37(51-5)39(27-32)53-7)56-34-15-9-30(10-16-34)36-29-48(22-21-47-23-25-55-26-24-47)43(46-36)31-11-17-35(18-12-31)57-45(3,4)42(50)33-14-20-38(52-6)40(28-33)54-8/h9-20,27-29,41-42,49-50H,21-26H2,1-8H3. The fraction of sp³-hybridized carbons (Fsp3) is 0.400. The maximum atomic E-state index is 11.3. The van der Waals surface area contributed by atoms with E-state index in [0.29, 0.717) is 45.6 Å². The predicted octanol–water partition coefficient (Wildman–Crippen LogP) is 7.37. The van der Waals surface area contributed by atoms with Crippen molar-refractivity contribution in [3.63, 3.8) is 0 Å². The number of hydrogen-bond donors (Lipinski definition) is 2. The van der Waals surface area contributed by atoms with Crippen LogP contribution in [0.2, 0.25) is 0 Å². The first kappa shape index (κ1) is 41.4. The number of hydrogen-bond acceptors (Lipinski definition) is 11. The van der Waals surface area contributed by atoms with Gasteiger partial charge in [-0.1, -0.05) is 12.1 Å². The van der Waals surface area contributed by atoms with Gasteiger partial charge in [0.25, 0.3) is 0 Å². The fourth-order valence-corrected chi connectivity index (χ4v) is 6.96. The van der Waals surface area contributed by atoms with Gasteiger partial charge in [0.2, 0.25) is 0 Å². The molecule has 0 radical (unpaired) electrons. The van der Waals surface area contributed by atoms with E-state index in [-0.39, 0.29) is 0 Å². The van der Waals surface area contributed by atoms with Crippen LogP contribution in [0.15, 0.2) is 91.1 Å². The van der Waals surface area contributed by atoms with Crippen molar-refractivity contribution in [3.8, 4) is 57.1 Å². The highest BCUT2D eigenvalue weighted by Gasteiger charge is 2.33. The van der Waals surface area contributed by atoms with E-state index in [1.807, 2.05) is 82.3 Å². The van der Waals surface area contributed by atoms with Crippen molar-refractivity contribution in [2.45, 2.75) is 57.6 Å². The number of aromatic nitrogens is 2. The van der Waals surface area contributed by atoms with Crippen molar-refractivity contribution in [1.29, 1.82) is 0 Å². The summed E-state index contributed by atoms with van der Waals surface area (Å²) in [5, 5.41) is 22.7. The minimum absolute atomic E-state index is 0.535. The van der Waals surface area contributed by atoms with Gasteiger partial charge in [-0.2, -0.15) is 0 Å². The summed E-state index contributed by atoms with van der Waals surface area (Å²) >= 11 is 0. The predicted molar refractivity (Wildman–Crippen MR) is 219 cm³/mol. The maximum absolute atomic E-state index is 11.3. The third-order valence-corrected chi connectivity index (χ3v) is 10.3. The zero-order chi connectivity index (χ0) is 40.7. The minimum Gasteiger partial charge on any atom is -0.493 e. The largest absolute Gasteiger partial charge is 0.493 e. The summed E-state index contributed by atoms with van der Waals surface area (Å²) in [6.45, 7) is 12.3. The second kappa shape index (κ2) is 17.9. The Labute approximate surface area is 335 Å². The Kier molecular flexibility index (Phi) is 13.0. The summed E-state index contributed by atoms with van der Waals surface area (Å²) in [5.74, 6) is 4.30. The van der Waals surface area contributed by atoms with E-state index in [0.717, 1.165) is 62.0 Å². The number of rotatable bonds is 17. The highest BCUT2D eigenvalue weighted by Crippen LogP contribution is 2.38. The second-order valence-corrected chi connectivity index (χ2v) is 15.1. The first-order chi connectivity index (χ1) is 27.3. The van der Waals surface area contributed by atoms with E-state index in [1.165, 1.54) is 0 Å². The second-order valence-electron chi connectivity index (χ2n) is 15.1. The van der Waals surface area contributed by atoms with Crippen LogP contribution in [0.1, 0.15) is 51.0 Å². The van der Waals surface area contributed by atoms with E-state index < -0.39 is 23.4 Å². The van der Waals surface area contributed by atoms with Crippen molar-refractivity contribution >= 4 is 0 Å². The Morgan fingerprint density at radius 2 is 1.07 bits per heavy atom. The number of methoxy groups -OCH3 is 4. The van der Waals surface area contributed by atoms with Gasteiger partial charge in [0.15, 0.2) is 23.0 Å². The fourth-order valence-electron chi connectivity index (χ4n) is 6.96. The van der Waals surface area contributed by atoms with Crippen molar-refractivity contribution in [2.24, 2.45) is 0 Å². The quantitative estimate of drug-likeness (QED) is 0.0983. The molecule has 2 N–H and O–H groups in total. The van der Waals surface area contributed by atoms with Gasteiger partial charge in [-0.15, -0.1) is 0 Å². The minimum atomic E-state index is -0.961. The van der Waals surface area contributed by atoms with E-state index in [4.69, 9.17) is 38.1 Å². The van der Waals surface area contributed by atoms with Crippen LogP contribution in [0.25, 0.3) is 22.6 Å². The molecule has 0 amide bonds. The number of benzene rings is 4. The van der Waals surface area contributed by atoms with E-state index in [2.05, 4.69) is 15.7 Å². The molecular weight excluding hydrogens is 727 g/mol. The third-order valence-electron chi connectivity index (χ3n) is 10.3. The lowest BCUT2D eigenvalue weighted by Crippen LogP contribution is -2.38. The molecule has 57 heavy (non-hydrogen) atoms. The van der Waals surface area contributed by atoms with Crippen molar-refractivity contribution < 1.29 is 43.4 Å². The van der Waals surface area contributed by atoms with Gasteiger partial charge in [0.1, 0.15) is 40.7 Å². The van der Waals surface area contributed by atoms with E-state index in [9.17, 15) is 10.2 Å².